The molecular weight excluding hydrogens is 246 g/mol. The van der Waals surface area contributed by atoms with Gasteiger partial charge in [0, 0.05) is 25.2 Å². The summed E-state index contributed by atoms with van der Waals surface area (Å²) in [6.07, 6.45) is 4.20. The van der Waals surface area contributed by atoms with Gasteiger partial charge in [0.25, 0.3) is 0 Å². The molecule has 0 bridgehead atoms. The summed E-state index contributed by atoms with van der Waals surface area (Å²) in [5.74, 6) is 0.910. The first-order valence-electron chi connectivity index (χ1n) is 8.60. The van der Waals surface area contributed by atoms with Crippen molar-refractivity contribution in [2.45, 2.75) is 59.0 Å². The SMILES string of the molecule is CCNC(C)C(C)(C)CN1CCC2C(CCCN2C)C1. The van der Waals surface area contributed by atoms with Crippen LogP contribution < -0.4 is 5.32 Å². The number of nitrogens with one attached hydrogen (secondary N) is 1. The standard InChI is InChI=1S/C17H35N3/c1-6-18-14(2)17(3,4)13-20-11-9-16-15(12-20)8-7-10-19(16)5/h14-16,18H,6-13H2,1-5H3. The Morgan fingerprint density at radius 2 is 2.00 bits per heavy atom. The van der Waals surface area contributed by atoms with Gasteiger partial charge in [-0.25, -0.2) is 0 Å². The molecule has 0 aliphatic carbocycles. The smallest absolute Gasteiger partial charge is 0.0145 e. The van der Waals surface area contributed by atoms with Crippen LogP contribution in [0.25, 0.3) is 0 Å². The Morgan fingerprint density at radius 3 is 2.70 bits per heavy atom. The Balaban J connectivity index is 1.88. The van der Waals surface area contributed by atoms with Gasteiger partial charge < -0.3 is 15.1 Å². The van der Waals surface area contributed by atoms with Gasteiger partial charge in [-0.1, -0.05) is 20.8 Å². The Bertz CT molecular complexity index is 303. The highest BCUT2D eigenvalue weighted by molar-refractivity contribution is 4.92. The molecule has 0 aromatic heterocycles. The molecule has 2 rings (SSSR count). The van der Waals surface area contributed by atoms with Crippen molar-refractivity contribution in [3.8, 4) is 0 Å². The van der Waals surface area contributed by atoms with Crippen molar-refractivity contribution < 1.29 is 0 Å². The average molecular weight is 281 g/mol. The van der Waals surface area contributed by atoms with Crippen molar-refractivity contribution >= 4 is 0 Å². The van der Waals surface area contributed by atoms with E-state index < -0.39 is 0 Å². The van der Waals surface area contributed by atoms with E-state index in [1.807, 2.05) is 0 Å². The summed E-state index contributed by atoms with van der Waals surface area (Å²) in [5.41, 5.74) is 0.351. The van der Waals surface area contributed by atoms with Crippen LogP contribution in [0.5, 0.6) is 0 Å². The summed E-state index contributed by atoms with van der Waals surface area (Å²) >= 11 is 0. The van der Waals surface area contributed by atoms with Crippen molar-refractivity contribution in [3.63, 3.8) is 0 Å². The van der Waals surface area contributed by atoms with Crippen LogP contribution in [0.4, 0.5) is 0 Å². The minimum Gasteiger partial charge on any atom is -0.314 e. The quantitative estimate of drug-likeness (QED) is 0.835. The van der Waals surface area contributed by atoms with E-state index in [9.17, 15) is 0 Å². The van der Waals surface area contributed by atoms with Gasteiger partial charge in [-0.15, -0.1) is 0 Å². The molecule has 118 valence electrons. The maximum Gasteiger partial charge on any atom is 0.0145 e. The van der Waals surface area contributed by atoms with Gasteiger partial charge in [-0.05, 0) is 64.2 Å². The van der Waals surface area contributed by atoms with E-state index in [1.165, 1.54) is 45.4 Å². The van der Waals surface area contributed by atoms with Gasteiger partial charge in [0.2, 0.25) is 0 Å². The molecule has 20 heavy (non-hydrogen) atoms. The Kier molecular flexibility index (Phi) is 5.49. The zero-order valence-electron chi connectivity index (χ0n) is 14.3. The lowest BCUT2D eigenvalue weighted by Crippen LogP contribution is -2.55. The highest BCUT2D eigenvalue weighted by atomic mass is 15.2. The molecule has 2 saturated heterocycles. The number of rotatable bonds is 5. The molecule has 0 spiro atoms. The van der Waals surface area contributed by atoms with E-state index in [0.29, 0.717) is 11.5 Å². The third-order valence-electron chi connectivity index (χ3n) is 5.74. The molecule has 0 aromatic carbocycles. The molecule has 2 heterocycles. The van der Waals surface area contributed by atoms with Crippen molar-refractivity contribution in [2.24, 2.45) is 11.3 Å². The lowest BCUT2D eigenvalue weighted by atomic mass is 9.81. The van der Waals surface area contributed by atoms with Crippen molar-refractivity contribution in [1.82, 2.24) is 15.1 Å². The molecule has 3 nitrogen and oxygen atoms in total. The third kappa shape index (κ3) is 3.75. The summed E-state index contributed by atoms with van der Waals surface area (Å²) in [6.45, 7) is 15.6. The minimum absolute atomic E-state index is 0.351. The Hall–Kier alpha value is -0.120. The maximum atomic E-state index is 3.60. The second-order valence-corrected chi connectivity index (χ2v) is 7.74. The normalized spacial score (nSPS) is 31.1. The molecule has 0 saturated carbocycles. The Morgan fingerprint density at radius 1 is 1.25 bits per heavy atom. The first-order chi connectivity index (χ1) is 9.44. The van der Waals surface area contributed by atoms with Crippen molar-refractivity contribution in [1.29, 1.82) is 0 Å². The molecule has 3 heteroatoms. The molecule has 2 aliphatic heterocycles. The van der Waals surface area contributed by atoms with E-state index in [4.69, 9.17) is 0 Å². The van der Waals surface area contributed by atoms with Crippen LogP contribution in [0.2, 0.25) is 0 Å². The van der Waals surface area contributed by atoms with Crippen LogP contribution in [0.3, 0.4) is 0 Å². The van der Waals surface area contributed by atoms with Crippen LogP contribution in [0, 0.1) is 11.3 Å². The van der Waals surface area contributed by atoms with Gasteiger partial charge in [0.05, 0.1) is 0 Å². The monoisotopic (exact) mass is 281 g/mol. The predicted octanol–water partition coefficient (Wildman–Crippen LogP) is 2.43. The zero-order chi connectivity index (χ0) is 14.8. The van der Waals surface area contributed by atoms with Crippen LogP contribution in [0.1, 0.15) is 47.0 Å². The second kappa shape index (κ2) is 6.76. The van der Waals surface area contributed by atoms with E-state index in [-0.39, 0.29) is 0 Å². The summed E-state index contributed by atoms with van der Waals surface area (Å²) in [4.78, 5) is 5.34. The van der Waals surface area contributed by atoms with Gasteiger partial charge in [-0.3, -0.25) is 0 Å². The van der Waals surface area contributed by atoms with Crippen LogP contribution in [-0.2, 0) is 0 Å². The molecule has 2 aliphatic rings. The molecule has 0 radical (unpaired) electrons. The highest BCUT2D eigenvalue weighted by Crippen LogP contribution is 2.31. The maximum absolute atomic E-state index is 3.60. The molecule has 2 fully saturated rings. The molecule has 0 amide bonds. The predicted molar refractivity (Wildman–Crippen MR) is 87.1 cm³/mol. The van der Waals surface area contributed by atoms with Crippen LogP contribution in [0.15, 0.2) is 0 Å². The number of fused-ring (bicyclic) bond motifs is 1. The van der Waals surface area contributed by atoms with Gasteiger partial charge in [0.1, 0.15) is 0 Å². The fourth-order valence-electron chi connectivity index (χ4n) is 4.17. The largest absolute Gasteiger partial charge is 0.314 e. The summed E-state index contributed by atoms with van der Waals surface area (Å²) in [7, 11) is 2.32. The zero-order valence-corrected chi connectivity index (χ0v) is 14.3. The lowest BCUT2D eigenvalue weighted by molar-refractivity contribution is 0.0193. The van der Waals surface area contributed by atoms with Gasteiger partial charge >= 0.3 is 0 Å². The van der Waals surface area contributed by atoms with E-state index in [2.05, 4.69) is 49.9 Å². The molecule has 1 N–H and O–H groups in total. The van der Waals surface area contributed by atoms with Crippen molar-refractivity contribution in [3.05, 3.63) is 0 Å². The first kappa shape index (κ1) is 16.3. The summed E-state index contributed by atoms with van der Waals surface area (Å²) < 4.78 is 0. The fourth-order valence-corrected chi connectivity index (χ4v) is 4.17. The minimum atomic E-state index is 0.351. The van der Waals surface area contributed by atoms with Gasteiger partial charge in [-0.2, -0.15) is 0 Å². The topological polar surface area (TPSA) is 18.5 Å². The molecule has 3 atom stereocenters. The summed E-state index contributed by atoms with van der Waals surface area (Å²) in [6, 6.07) is 1.44. The second-order valence-electron chi connectivity index (χ2n) is 7.74. The average Bonchev–Trinajstić information content (AvgIpc) is 2.38. The molecular formula is C17H35N3. The first-order valence-corrected chi connectivity index (χ1v) is 8.60. The van der Waals surface area contributed by atoms with E-state index in [0.717, 1.165) is 18.5 Å². The molecule has 3 unspecified atom stereocenters. The van der Waals surface area contributed by atoms with Gasteiger partial charge in [0.15, 0.2) is 0 Å². The number of hydrogen-bond acceptors (Lipinski definition) is 3. The Labute approximate surface area is 126 Å². The number of nitrogens with zero attached hydrogens (tertiary/aromatic N) is 2. The fraction of sp³-hybridized carbons (Fsp3) is 1.00. The van der Waals surface area contributed by atoms with E-state index >= 15 is 0 Å². The third-order valence-corrected chi connectivity index (χ3v) is 5.74. The summed E-state index contributed by atoms with van der Waals surface area (Å²) in [5, 5.41) is 3.60. The molecule has 0 aromatic rings. The lowest BCUT2D eigenvalue weighted by Gasteiger charge is -2.48. The number of likely N-dealkylation sites (tertiary alicyclic amines) is 2. The highest BCUT2D eigenvalue weighted by Gasteiger charge is 2.36. The van der Waals surface area contributed by atoms with Crippen molar-refractivity contribution in [2.75, 3.05) is 39.8 Å². The van der Waals surface area contributed by atoms with E-state index in [1.54, 1.807) is 0 Å². The van der Waals surface area contributed by atoms with Crippen LogP contribution >= 0.6 is 0 Å². The van der Waals surface area contributed by atoms with Crippen LogP contribution in [-0.4, -0.2) is 61.7 Å². The number of piperidine rings is 2. The number of hydrogen-bond donors (Lipinski definition) is 1.